The third kappa shape index (κ3) is 4.67. The predicted octanol–water partition coefficient (Wildman–Crippen LogP) is 3.69. The van der Waals surface area contributed by atoms with E-state index in [1.54, 1.807) is 38.1 Å². The topological polar surface area (TPSA) is 114 Å². The highest BCUT2D eigenvalue weighted by atomic mass is 32.2. The van der Waals surface area contributed by atoms with Crippen LogP contribution in [0.25, 0.3) is 21.5 Å². The molecule has 8 nitrogen and oxygen atoms in total. The predicted molar refractivity (Wildman–Crippen MR) is 125 cm³/mol. The first kappa shape index (κ1) is 22.0. The van der Waals surface area contributed by atoms with Gasteiger partial charge in [-0.25, -0.2) is 8.42 Å². The van der Waals surface area contributed by atoms with Crippen molar-refractivity contribution < 1.29 is 13.2 Å². The van der Waals surface area contributed by atoms with E-state index in [-0.39, 0.29) is 10.8 Å². The van der Waals surface area contributed by atoms with E-state index in [2.05, 4.69) is 25.2 Å². The molecule has 0 radical (unpaired) electrons. The smallest absolute Gasteiger partial charge is 0.244 e. The number of hydrogen-bond donors (Lipinski definition) is 2. The number of para-hydroxylation sites is 1. The molecular weight excluding hydrogens is 446 g/mol. The number of benzene rings is 2. The summed E-state index contributed by atoms with van der Waals surface area (Å²) in [4.78, 5) is 17.2. The molecule has 0 aliphatic rings. The Labute approximate surface area is 189 Å². The summed E-state index contributed by atoms with van der Waals surface area (Å²) in [5.41, 5.74) is 1.23. The summed E-state index contributed by atoms with van der Waals surface area (Å²) in [7, 11) is -4.01. The van der Waals surface area contributed by atoms with Gasteiger partial charge in [-0.15, -0.1) is 10.2 Å². The highest BCUT2D eigenvalue weighted by Gasteiger charge is 2.30. The zero-order valence-corrected chi connectivity index (χ0v) is 19.0. The average Bonchev–Trinajstić information content (AvgIpc) is 3.26. The quantitative estimate of drug-likeness (QED) is 0.428. The zero-order chi connectivity index (χ0) is 22.7. The number of carbonyl (C=O) groups excluding carboxylic acids is 1. The van der Waals surface area contributed by atoms with E-state index in [1.165, 1.54) is 23.6 Å². The minimum Gasteiger partial charge on any atom is -0.299 e. The van der Waals surface area contributed by atoms with Gasteiger partial charge in [0.15, 0.2) is 0 Å². The molecule has 4 rings (SSSR count). The lowest BCUT2D eigenvalue weighted by Gasteiger charge is -2.21. The van der Waals surface area contributed by atoms with Crippen LogP contribution in [0.2, 0.25) is 0 Å². The maximum Gasteiger partial charge on any atom is 0.244 e. The molecule has 10 heteroatoms. The number of carbonyl (C=O) groups is 1. The van der Waals surface area contributed by atoms with Gasteiger partial charge in [0, 0.05) is 17.1 Å². The van der Waals surface area contributed by atoms with Crippen LogP contribution in [0.15, 0.2) is 71.8 Å². The fourth-order valence-electron chi connectivity index (χ4n) is 3.17. The van der Waals surface area contributed by atoms with Gasteiger partial charge in [-0.3, -0.25) is 15.1 Å². The van der Waals surface area contributed by atoms with Gasteiger partial charge >= 0.3 is 0 Å². The lowest BCUT2D eigenvalue weighted by atomic mass is 10.1. The maximum atomic E-state index is 13.2. The van der Waals surface area contributed by atoms with E-state index in [0.29, 0.717) is 21.0 Å². The lowest BCUT2D eigenvalue weighted by Crippen LogP contribution is -2.47. The van der Waals surface area contributed by atoms with Crippen LogP contribution in [0.5, 0.6) is 0 Å². The van der Waals surface area contributed by atoms with Gasteiger partial charge in [0.2, 0.25) is 21.1 Å². The first-order valence-corrected chi connectivity index (χ1v) is 12.2. The van der Waals surface area contributed by atoms with Crippen molar-refractivity contribution in [3.05, 3.63) is 66.9 Å². The number of rotatable bonds is 7. The molecule has 1 atom stereocenters. The Hall–Kier alpha value is -3.21. The molecule has 0 saturated carbocycles. The van der Waals surface area contributed by atoms with Gasteiger partial charge in [-0.1, -0.05) is 73.7 Å². The van der Waals surface area contributed by atoms with Crippen LogP contribution in [0.4, 0.5) is 5.13 Å². The highest BCUT2D eigenvalue weighted by Crippen LogP contribution is 2.26. The Bertz CT molecular complexity index is 1350. The zero-order valence-electron chi connectivity index (χ0n) is 17.4. The molecule has 0 aliphatic heterocycles. The molecule has 0 fully saturated rings. The molecule has 0 saturated heterocycles. The van der Waals surface area contributed by atoms with Gasteiger partial charge in [-0.2, -0.15) is 4.72 Å². The fraction of sp³-hybridized carbons (Fsp3) is 0.182. The number of pyridine rings is 1. The molecule has 2 N–H and O–H groups in total. The Kier molecular flexibility index (Phi) is 6.26. The summed E-state index contributed by atoms with van der Waals surface area (Å²) in [5.74, 6) is -0.818. The summed E-state index contributed by atoms with van der Waals surface area (Å²) in [6.07, 6.45) is 1.54. The second-order valence-corrected chi connectivity index (χ2v) is 10.1. The van der Waals surface area contributed by atoms with Gasteiger partial charge in [0.05, 0.1) is 5.52 Å². The molecule has 2 aromatic carbocycles. The number of amides is 1. The Morgan fingerprint density at radius 3 is 2.47 bits per heavy atom. The van der Waals surface area contributed by atoms with Crippen molar-refractivity contribution in [2.45, 2.75) is 24.8 Å². The van der Waals surface area contributed by atoms with Crippen molar-refractivity contribution in [1.82, 2.24) is 19.9 Å². The maximum absolute atomic E-state index is 13.2. The van der Waals surface area contributed by atoms with Gasteiger partial charge < -0.3 is 0 Å². The molecule has 2 aromatic heterocycles. The molecular formula is C22H21N5O3S2. The van der Waals surface area contributed by atoms with Gasteiger partial charge in [-0.05, 0) is 18.1 Å². The van der Waals surface area contributed by atoms with Crippen LogP contribution >= 0.6 is 11.3 Å². The number of anilines is 1. The molecule has 2 heterocycles. The SMILES string of the molecule is CC(C)C(NS(=O)(=O)c1cccc2cccnc12)C(=O)Nc1nnc(-c2ccccc2)s1. The van der Waals surface area contributed by atoms with Crippen LogP contribution < -0.4 is 10.0 Å². The van der Waals surface area contributed by atoms with Crippen molar-refractivity contribution >= 4 is 43.3 Å². The second kappa shape index (κ2) is 9.11. The van der Waals surface area contributed by atoms with E-state index in [9.17, 15) is 13.2 Å². The van der Waals surface area contributed by atoms with Crippen molar-refractivity contribution in [1.29, 1.82) is 0 Å². The minimum absolute atomic E-state index is 0.0244. The van der Waals surface area contributed by atoms with E-state index in [4.69, 9.17) is 0 Å². The third-order valence-electron chi connectivity index (χ3n) is 4.79. The summed E-state index contributed by atoms with van der Waals surface area (Å²) >= 11 is 1.22. The van der Waals surface area contributed by atoms with E-state index in [1.807, 2.05) is 30.3 Å². The fourth-order valence-corrected chi connectivity index (χ4v) is 5.45. The van der Waals surface area contributed by atoms with E-state index in [0.717, 1.165) is 5.56 Å². The summed E-state index contributed by atoms with van der Waals surface area (Å²) in [5, 5.41) is 12.5. The average molecular weight is 468 g/mol. The first-order chi connectivity index (χ1) is 15.3. The summed E-state index contributed by atoms with van der Waals surface area (Å²) in [6.45, 7) is 3.53. The third-order valence-corrected chi connectivity index (χ3v) is 7.15. The van der Waals surface area contributed by atoms with Crippen LogP contribution in [-0.4, -0.2) is 35.5 Å². The number of fused-ring (bicyclic) bond motifs is 1. The summed E-state index contributed by atoms with van der Waals surface area (Å²) in [6, 6.07) is 16.9. The standard InChI is InChI=1S/C22H21N5O3S2/c1-14(2)18(20(28)24-22-26-25-21(31-22)16-8-4-3-5-9-16)27-32(29,30)17-12-6-10-15-11-7-13-23-19(15)17/h3-14,18,27H,1-2H3,(H,24,26,28). The number of hydrogen-bond acceptors (Lipinski definition) is 7. The van der Waals surface area contributed by atoms with Crippen molar-refractivity contribution in [3.8, 4) is 10.6 Å². The van der Waals surface area contributed by atoms with Crippen LogP contribution in [0.1, 0.15) is 13.8 Å². The Morgan fingerprint density at radius 2 is 1.72 bits per heavy atom. The molecule has 164 valence electrons. The normalized spacial score (nSPS) is 12.7. The van der Waals surface area contributed by atoms with Crippen molar-refractivity contribution in [2.24, 2.45) is 5.92 Å². The number of aromatic nitrogens is 3. The van der Waals surface area contributed by atoms with E-state index < -0.39 is 22.0 Å². The lowest BCUT2D eigenvalue weighted by molar-refractivity contribution is -0.118. The molecule has 0 aliphatic carbocycles. The number of nitrogens with zero attached hydrogens (tertiary/aromatic N) is 3. The van der Waals surface area contributed by atoms with Gasteiger partial charge in [0.25, 0.3) is 0 Å². The largest absolute Gasteiger partial charge is 0.299 e. The summed E-state index contributed by atoms with van der Waals surface area (Å²) < 4.78 is 28.8. The van der Waals surface area contributed by atoms with Crippen LogP contribution in [-0.2, 0) is 14.8 Å². The molecule has 1 amide bonds. The minimum atomic E-state index is -4.01. The van der Waals surface area contributed by atoms with Crippen LogP contribution in [0.3, 0.4) is 0 Å². The van der Waals surface area contributed by atoms with E-state index >= 15 is 0 Å². The molecule has 0 spiro atoms. The van der Waals surface area contributed by atoms with Crippen molar-refractivity contribution in [3.63, 3.8) is 0 Å². The molecule has 32 heavy (non-hydrogen) atoms. The Balaban J connectivity index is 1.56. The monoisotopic (exact) mass is 467 g/mol. The second-order valence-electron chi connectivity index (χ2n) is 7.44. The molecule has 1 unspecified atom stereocenters. The number of sulfonamides is 1. The van der Waals surface area contributed by atoms with Crippen LogP contribution in [0, 0.1) is 5.92 Å². The highest BCUT2D eigenvalue weighted by molar-refractivity contribution is 7.89. The molecule has 0 bridgehead atoms. The Morgan fingerprint density at radius 1 is 0.969 bits per heavy atom. The molecule has 4 aromatic rings. The number of nitrogens with one attached hydrogen (secondary N) is 2. The van der Waals surface area contributed by atoms with Crippen molar-refractivity contribution in [2.75, 3.05) is 5.32 Å². The first-order valence-electron chi connectivity index (χ1n) is 9.91. The van der Waals surface area contributed by atoms with Gasteiger partial charge in [0.1, 0.15) is 15.9 Å².